The van der Waals surface area contributed by atoms with Crippen LogP contribution in [-0.4, -0.2) is 21.4 Å². The lowest BCUT2D eigenvalue weighted by Crippen LogP contribution is -2.53. The van der Waals surface area contributed by atoms with Gasteiger partial charge >= 0.3 is 0 Å². The molecule has 0 radical (unpaired) electrons. The van der Waals surface area contributed by atoms with E-state index < -0.39 is 17.3 Å². The predicted octanol–water partition coefficient (Wildman–Crippen LogP) is 3.74. The molecule has 18 heavy (non-hydrogen) atoms. The second-order valence-electron chi connectivity index (χ2n) is 6.87. The van der Waals surface area contributed by atoms with Gasteiger partial charge in [0.15, 0.2) is 0 Å². The minimum Gasteiger partial charge on any atom is -0.591 e. The number of hydrogen-bond donors (Lipinski definition) is 0. The molecule has 0 bridgehead atoms. The SMILES string of the molecule is CC(C)(C)[S@@+]([O-])/N=C/CC1CC2(C1)CC(F)(F)C2. The Balaban J connectivity index is 1.68. The third-order valence-electron chi connectivity index (χ3n) is 3.84. The summed E-state index contributed by atoms with van der Waals surface area (Å²) in [5.74, 6) is -1.95. The Labute approximate surface area is 111 Å². The fourth-order valence-corrected chi connectivity index (χ4v) is 3.62. The van der Waals surface area contributed by atoms with Gasteiger partial charge in [0.1, 0.15) is 16.1 Å². The van der Waals surface area contributed by atoms with Gasteiger partial charge in [-0.3, -0.25) is 0 Å². The molecule has 1 spiro atoms. The van der Waals surface area contributed by atoms with Crippen LogP contribution in [0.25, 0.3) is 0 Å². The van der Waals surface area contributed by atoms with E-state index in [1.807, 2.05) is 20.8 Å². The van der Waals surface area contributed by atoms with Gasteiger partial charge in [-0.2, -0.15) is 0 Å². The molecule has 0 aromatic heterocycles. The maximum atomic E-state index is 12.8. The van der Waals surface area contributed by atoms with Crippen molar-refractivity contribution in [3.05, 3.63) is 0 Å². The molecule has 0 heterocycles. The second kappa shape index (κ2) is 4.44. The standard InChI is InChI=1S/C13H21F2NOS/c1-11(2,3)18(17)16-5-4-10-6-12(7-10)8-13(14,15)9-12/h5,10H,4,6-9H2,1-3H3/b16-5+/t18-/m1/s1. The van der Waals surface area contributed by atoms with Crippen molar-refractivity contribution in [1.29, 1.82) is 0 Å². The Kier molecular flexibility index (Phi) is 3.52. The van der Waals surface area contributed by atoms with Crippen LogP contribution in [0.1, 0.15) is 52.9 Å². The highest BCUT2D eigenvalue weighted by Gasteiger charge is 2.61. The van der Waals surface area contributed by atoms with E-state index in [9.17, 15) is 13.3 Å². The van der Waals surface area contributed by atoms with Gasteiger partial charge in [0.2, 0.25) is 5.92 Å². The first-order chi connectivity index (χ1) is 8.12. The molecule has 0 N–H and O–H groups in total. The van der Waals surface area contributed by atoms with E-state index in [-0.39, 0.29) is 23.0 Å². The topological polar surface area (TPSA) is 35.4 Å². The molecule has 0 unspecified atom stereocenters. The van der Waals surface area contributed by atoms with Crippen LogP contribution >= 0.6 is 0 Å². The van der Waals surface area contributed by atoms with Crippen LogP contribution in [0.2, 0.25) is 0 Å². The molecule has 0 saturated heterocycles. The first-order valence-corrected chi connectivity index (χ1v) is 7.55. The quantitative estimate of drug-likeness (QED) is 0.572. The number of hydrogen-bond acceptors (Lipinski definition) is 2. The van der Waals surface area contributed by atoms with Gasteiger partial charge in [-0.25, -0.2) is 8.78 Å². The fourth-order valence-electron chi connectivity index (χ4n) is 3.08. The number of nitrogens with zero attached hydrogens (tertiary/aromatic N) is 1. The van der Waals surface area contributed by atoms with Crippen LogP contribution < -0.4 is 0 Å². The van der Waals surface area contributed by atoms with Crippen molar-refractivity contribution in [2.45, 2.75) is 63.5 Å². The van der Waals surface area contributed by atoms with Gasteiger partial charge in [-0.15, -0.1) is 0 Å². The summed E-state index contributed by atoms with van der Waals surface area (Å²) >= 11 is -1.20. The molecule has 0 amide bonds. The van der Waals surface area contributed by atoms with Gasteiger partial charge in [-0.1, -0.05) is 4.40 Å². The van der Waals surface area contributed by atoms with E-state index in [2.05, 4.69) is 4.40 Å². The number of halogens is 2. The Morgan fingerprint density at radius 3 is 2.33 bits per heavy atom. The molecule has 2 saturated carbocycles. The highest BCUT2D eigenvalue weighted by Crippen LogP contribution is 2.64. The van der Waals surface area contributed by atoms with Crippen LogP contribution in [0.3, 0.4) is 0 Å². The zero-order valence-electron chi connectivity index (χ0n) is 11.2. The van der Waals surface area contributed by atoms with E-state index in [0.717, 1.165) is 19.3 Å². The number of alkyl halides is 2. The van der Waals surface area contributed by atoms with Crippen molar-refractivity contribution < 1.29 is 13.3 Å². The fraction of sp³-hybridized carbons (Fsp3) is 0.923. The summed E-state index contributed by atoms with van der Waals surface area (Å²) in [6.07, 6.45) is 4.40. The third kappa shape index (κ3) is 3.05. The number of rotatable bonds is 3. The lowest BCUT2D eigenvalue weighted by molar-refractivity contribution is -0.205. The average molecular weight is 277 g/mol. The first kappa shape index (κ1) is 14.3. The Morgan fingerprint density at radius 1 is 1.33 bits per heavy atom. The molecule has 2 aliphatic carbocycles. The molecule has 2 fully saturated rings. The maximum Gasteiger partial charge on any atom is 0.249 e. The van der Waals surface area contributed by atoms with E-state index in [4.69, 9.17) is 0 Å². The summed E-state index contributed by atoms with van der Waals surface area (Å²) in [7, 11) is 0. The highest BCUT2D eigenvalue weighted by atomic mass is 32.2. The molecular weight excluding hydrogens is 256 g/mol. The summed E-state index contributed by atoms with van der Waals surface area (Å²) in [4.78, 5) is 0. The lowest BCUT2D eigenvalue weighted by atomic mass is 9.50. The summed E-state index contributed by atoms with van der Waals surface area (Å²) in [6.45, 7) is 5.65. The Morgan fingerprint density at radius 2 is 1.89 bits per heavy atom. The Hall–Kier alpha value is -0.160. The summed E-state index contributed by atoms with van der Waals surface area (Å²) in [6, 6.07) is 0. The van der Waals surface area contributed by atoms with Crippen LogP contribution in [0.5, 0.6) is 0 Å². The van der Waals surface area contributed by atoms with Gasteiger partial charge in [0.05, 0.1) is 6.21 Å². The van der Waals surface area contributed by atoms with Gasteiger partial charge in [-0.05, 0) is 51.4 Å². The lowest BCUT2D eigenvalue weighted by Gasteiger charge is -2.57. The van der Waals surface area contributed by atoms with Crippen LogP contribution in [0.4, 0.5) is 8.78 Å². The molecule has 5 heteroatoms. The van der Waals surface area contributed by atoms with E-state index in [1.165, 1.54) is 0 Å². The largest absolute Gasteiger partial charge is 0.591 e. The van der Waals surface area contributed by atoms with Crippen molar-refractivity contribution in [2.24, 2.45) is 15.7 Å². The maximum absolute atomic E-state index is 12.8. The zero-order valence-corrected chi connectivity index (χ0v) is 12.0. The summed E-state index contributed by atoms with van der Waals surface area (Å²) < 4.78 is 41.0. The zero-order chi connectivity index (χ0) is 13.6. The van der Waals surface area contributed by atoms with Gasteiger partial charge in [0.25, 0.3) is 0 Å². The van der Waals surface area contributed by atoms with Crippen molar-refractivity contribution in [1.82, 2.24) is 0 Å². The average Bonchev–Trinajstić information content (AvgIpc) is 2.09. The highest BCUT2D eigenvalue weighted by molar-refractivity contribution is 7.91. The van der Waals surface area contributed by atoms with Crippen molar-refractivity contribution >= 4 is 17.6 Å². The second-order valence-corrected chi connectivity index (χ2v) is 8.80. The van der Waals surface area contributed by atoms with Crippen LogP contribution in [-0.2, 0) is 11.4 Å². The summed E-state index contributed by atoms with van der Waals surface area (Å²) in [5, 5.41) is 0. The molecule has 0 aliphatic heterocycles. The Bertz CT molecular complexity index is 335. The van der Waals surface area contributed by atoms with Crippen molar-refractivity contribution in [3.8, 4) is 0 Å². The molecule has 1 atom stereocenters. The van der Waals surface area contributed by atoms with E-state index >= 15 is 0 Å². The normalized spacial score (nSPS) is 28.1. The minimum absolute atomic E-state index is 0.0643. The first-order valence-electron chi connectivity index (χ1n) is 6.44. The van der Waals surface area contributed by atoms with Crippen LogP contribution in [0, 0.1) is 11.3 Å². The molecule has 2 nitrogen and oxygen atoms in total. The third-order valence-corrected chi connectivity index (χ3v) is 5.23. The van der Waals surface area contributed by atoms with Crippen molar-refractivity contribution in [2.75, 3.05) is 0 Å². The predicted molar refractivity (Wildman–Crippen MR) is 70.3 cm³/mol. The minimum atomic E-state index is -2.41. The van der Waals surface area contributed by atoms with Gasteiger partial charge in [0, 0.05) is 12.8 Å². The molecular formula is C13H21F2NOS. The monoisotopic (exact) mass is 277 g/mol. The molecule has 0 aromatic carbocycles. The van der Waals surface area contributed by atoms with Crippen LogP contribution in [0.15, 0.2) is 4.40 Å². The molecule has 0 aromatic rings. The van der Waals surface area contributed by atoms with E-state index in [0.29, 0.717) is 5.92 Å². The van der Waals surface area contributed by atoms with Crippen molar-refractivity contribution in [3.63, 3.8) is 0 Å². The molecule has 104 valence electrons. The molecule has 2 aliphatic rings. The van der Waals surface area contributed by atoms with Gasteiger partial charge < -0.3 is 4.55 Å². The smallest absolute Gasteiger partial charge is 0.249 e. The summed E-state index contributed by atoms with van der Waals surface area (Å²) in [5.41, 5.74) is -0.0643. The molecule has 2 rings (SSSR count). The van der Waals surface area contributed by atoms with E-state index in [1.54, 1.807) is 6.21 Å².